The van der Waals surface area contributed by atoms with Crippen LogP contribution in [-0.2, 0) is 4.79 Å². The third-order valence-corrected chi connectivity index (χ3v) is 9.42. The number of nitrogens with zero attached hydrogens (tertiary/aromatic N) is 4. The number of halogens is 1. The van der Waals surface area contributed by atoms with Gasteiger partial charge in [0, 0.05) is 61.5 Å². The molecule has 2 aliphatic heterocycles. The quantitative estimate of drug-likeness (QED) is 0.459. The maximum atomic E-state index is 14.2. The van der Waals surface area contributed by atoms with E-state index in [-0.39, 0.29) is 23.7 Å². The fraction of sp³-hybridized carbons (Fsp3) is 0.533. The van der Waals surface area contributed by atoms with Gasteiger partial charge in [-0.3, -0.25) is 9.69 Å². The molecule has 6 nitrogen and oxygen atoms in total. The lowest BCUT2D eigenvalue weighted by atomic mass is 9.72. The molecule has 4 heterocycles. The summed E-state index contributed by atoms with van der Waals surface area (Å²) in [4.78, 5) is 21.1. The Labute approximate surface area is 218 Å². The van der Waals surface area contributed by atoms with E-state index in [9.17, 15) is 14.3 Å². The van der Waals surface area contributed by atoms with Gasteiger partial charge < -0.3 is 14.4 Å². The molecule has 0 amide bonds. The maximum absolute atomic E-state index is 14.2. The zero-order chi connectivity index (χ0) is 25.4. The number of fused-ring (bicyclic) bond motifs is 1. The number of carboxylic acid groups (broad SMARTS) is 1. The highest BCUT2D eigenvalue weighted by molar-refractivity contribution is 5.66. The van der Waals surface area contributed by atoms with Crippen LogP contribution in [0, 0.1) is 11.7 Å². The number of aliphatic carboxylic acids is 1. The maximum Gasteiger partial charge on any atom is 0.303 e. The topological polar surface area (TPSA) is 61.1 Å². The minimum absolute atomic E-state index is 0.00870. The van der Waals surface area contributed by atoms with Crippen molar-refractivity contribution in [3.05, 3.63) is 71.9 Å². The van der Waals surface area contributed by atoms with Crippen LogP contribution in [-0.4, -0.2) is 68.5 Å². The molecule has 3 fully saturated rings. The number of piperidine rings is 1. The number of carboxylic acids is 1. The van der Waals surface area contributed by atoms with Crippen molar-refractivity contribution in [2.75, 3.05) is 32.7 Å². The summed E-state index contributed by atoms with van der Waals surface area (Å²) in [5, 5.41) is 9.34. The van der Waals surface area contributed by atoms with Crippen LogP contribution < -0.4 is 0 Å². The van der Waals surface area contributed by atoms with Crippen molar-refractivity contribution in [1.82, 2.24) is 19.2 Å². The molecular weight excluding hydrogens is 467 g/mol. The highest BCUT2D eigenvalue weighted by Gasteiger charge is 2.48. The number of aromatic nitrogens is 2. The predicted octanol–water partition coefficient (Wildman–Crippen LogP) is 5.16. The summed E-state index contributed by atoms with van der Waals surface area (Å²) in [6.07, 6.45) is 10.7. The van der Waals surface area contributed by atoms with Crippen molar-refractivity contribution in [1.29, 1.82) is 0 Å². The van der Waals surface area contributed by atoms with Crippen LogP contribution in [0.1, 0.15) is 68.0 Å². The molecule has 196 valence electrons. The molecule has 3 aliphatic rings. The second kappa shape index (κ2) is 10.2. The van der Waals surface area contributed by atoms with E-state index in [0.717, 1.165) is 76.0 Å². The Bertz CT molecular complexity index is 1250. The van der Waals surface area contributed by atoms with Crippen molar-refractivity contribution >= 4 is 11.6 Å². The first-order chi connectivity index (χ1) is 18.0. The second-order valence-electron chi connectivity index (χ2n) is 11.5. The molecule has 2 saturated heterocycles. The number of rotatable bonds is 8. The van der Waals surface area contributed by atoms with E-state index in [4.69, 9.17) is 0 Å². The molecule has 7 heteroatoms. The van der Waals surface area contributed by atoms with E-state index in [2.05, 4.69) is 43.6 Å². The molecule has 1 saturated carbocycles. The molecule has 2 aromatic heterocycles. The lowest BCUT2D eigenvalue weighted by Crippen LogP contribution is -2.53. The van der Waals surface area contributed by atoms with Gasteiger partial charge in [0.1, 0.15) is 11.5 Å². The van der Waals surface area contributed by atoms with Crippen molar-refractivity contribution < 1.29 is 14.3 Å². The third-order valence-electron chi connectivity index (χ3n) is 9.42. The van der Waals surface area contributed by atoms with Gasteiger partial charge in [0.15, 0.2) is 0 Å². The molecule has 0 spiro atoms. The van der Waals surface area contributed by atoms with Gasteiger partial charge in [-0.05, 0) is 87.4 Å². The van der Waals surface area contributed by atoms with Crippen LogP contribution in [0.15, 0.2) is 54.9 Å². The van der Waals surface area contributed by atoms with Gasteiger partial charge in [-0.25, -0.2) is 9.37 Å². The summed E-state index contributed by atoms with van der Waals surface area (Å²) in [5.41, 5.74) is 3.41. The Balaban J connectivity index is 1.16. The van der Waals surface area contributed by atoms with Gasteiger partial charge in [-0.15, -0.1) is 0 Å². The monoisotopic (exact) mass is 504 g/mol. The summed E-state index contributed by atoms with van der Waals surface area (Å²) in [6, 6.07) is 13.3. The zero-order valence-corrected chi connectivity index (χ0v) is 21.4. The normalized spacial score (nSPS) is 24.9. The molecule has 37 heavy (non-hydrogen) atoms. The number of pyridine rings is 1. The molecular formula is C30H37FN4O2. The van der Waals surface area contributed by atoms with Crippen LogP contribution in [0.4, 0.5) is 4.39 Å². The van der Waals surface area contributed by atoms with Gasteiger partial charge in [0.2, 0.25) is 0 Å². The van der Waals surface area contributed by atoms with Crippen molar-refractivity contribution in [2.24, 2.45) is 5.92 Å². The van der Waals surface area contributed by atoms with Crippen LogP contribution in [0.3, 0.4) is 0 Å². The van der Waals surface area contributed by atoms with Gasteiger partial charge >= 0.3 is 5.97 Å². The van der Waals surface area contributed by atoms with Gasteiger partial charge in [0.05, 0.1) is 0 Å². The molecule has 6 rings (SSSR count). The van der Waals surface area contributed by atoms with Crippen molar-refractivity contribution in [2.45, 2.75) is 62.3 Å². The van der Waals surface area contributed by atoms with Crippen LogP contribution in [0.5, 0.6) is 0 Å². The molecule has 3 aromatic rings. The summed E-state index contributed by atoms with van der Waals surface area (Å²) < 4.78 is 16.4. The fourth-order valence-corrected chi connectivity index (χ4v) is 7.20. The summed E-state index contributed by atoms with van der Waals surface area (Å²) in [7, 11) is 0. The lowest BCUT2D eigenvalue weighted by Gasteiger charge is -2.49. The van der Waals surface area contributed by atoms with E-state index < -0.39 is 5.97 Å². The Kier molecular flexibility index (Phi) is 6.76. The van der Waals surface area contributed by atoms with Crippen LogP contribution in [0.2, 0.25) is 0 Å². The first kappa shape index (κ1) is 24.6. The molecule has 2 unspecified atom stereocenters. The minimum atomic E-state index is -0.711. The first-order valence-electron chi connectivity index (χ1n) is 13.9. The summed E-state index contributed by atoms with van der Waals surface area (Å²) >= 11 is 0. The second-order valence-corrected chi connectivity index (χ2v) is 11.5. The Hall–Kier alpha value is -2.77. The minimum Gasteiger partial charge on any atom is -0.481 e. The van der Waals surface area contributed by atoms with Crippen LogP contribution in [0.25, 0.3) is 5.65 Å². The van der Waals surface area contributed by atoms with Crippen LogP contribution >= 0.6 is 0 Å². The molecule has 1 aromatic carbocycles. The number of hydrogen-bond donors (Lipinski definition) is 1. The number of benzene rings is 1. The SMILES string of the molecule is O=C(O)CCC1(N2CC(CN3CCC(c4cnc5ccccn45)CC3)C(c3cccc(F)c3)C2)CCC1. The predicted molar refractivity (Wildman–Crippen MR) is 141 cm³/mol. The van der Waals surface area contributed by atoms with Crippen molar-refractivity contribution in [3.63, 3.8) is 0 Å². The summed E-state index contributed by atoms with van der Waals surface area (Å²) in [5.74, 6) is 0.318. The van der Waals surface area contributed by atoms with Gasteiger partial charge in [-0.2, -0.15) is 0 Å². The van der Waals surface area contributed by atoms with Gasteiger partial charge in [0.25, 0.3) is 0 Å². The van der Waals surface area contributed by atoms with E-state index in [0.29, 0.717) is 11.8 Å². The highest BCUT2D eigenvalue weighted by Crippen LogP contribution is 2.47. The summed E-state index contributed by atoms with van der Waals surface area (Å²) in [6.45, 7) is 4.98. The molecule has 1 aliphatic carbocycles. The first-order valence-corrected chi connectivity index (χ1v) is 13.9. The Morgan fingerprint density at radius 2 is 1.95 bits per heavy atom. The van der Waals surface area contributed by atoms with Crippen molar-refractivity contribution in [3.8, 4) is 0 Å². The third kappa shape index (κ3) is 4.91. The van der Waals surface area contributed by atoms with E-state index in [1.54, 1.807) is 6.07 Å². The average Bonchev–Trinajstić information content (AvgIpc) is 3.49. The lowest BCUT2D eigenvalue weighted by molar-refractivity contribution is -0.138. The number of carbonyl (C=O) groups is 1. The largest absolute Gasteiger partial charge is 0.481 e. The molecule has 0 radical (unpaired) electrons. The smallest absolute Gasteiger partial charge is 0.303 e. The zero-order valence-electron chi connectivity index (χ0n) is 21.4. The van der Waals surface area contributed by atoms with E-state index in [1.807, 2.05) is 18.3 Å². The number of imidazole rings is 1. The average molecular weight is 505 g/mol. The number of likely N-dealkylation sites (tertiary alicyclic amines) is 2. The standard InChI is InChI=1S/C30H37FN4O2/c31-25-6-3-5-23(17-25)26-21-34(30(11-4-12-30)13-8-29(36)37)20-24(26)19-33-15-9-22(10-16-33)27-18-32-28-7-1-2-14-35(27)28/h1-3,5-7,14,17-18,22,24,26H,4,8-13,15-16,19-21H2,(H,36,37). The fourth-order valence-electron chi connectivity index (χ4n) is 7.20. The molecule has 1 N–H and O–H groups in total. The van der Waals surface area contributed by atoms with E-state index >= 15 is 0 Å². The highest BCUT2D eigenvalue weighted by atomic mass is 19.1. The Morgan fingerprint density at radius 1 is 1.11 bits per heavy atom. The molecule has 0 bridgehead atoms. The van der Waals surface area contributed by atoms with E-state index in [1.165, 1.54) is 18.2 Å². The van der Waals surface area contributed by atoms with Gasteiger partial charge in [-0.1, -0.05) is 18.2 Å². The Morgan fingerprint density at radius 3 is 2.68 bits per heavy atom. The number of hydrogen-bond acceptors (Lipinski definition) is 4. The molecule has 2 atom stereocenters.